The van der Waals surface area contributed by atoms with E-state index in [1.54, 1.807) is 31.4 Å². The van der Waals surface area contributed by atoms with Crippen LogP contribution in [0.15, 0.2) is 53.4 Å². The third-order valence-electron chi connectivity index (χ3n) is 5.17. The smallest absolute Gasteiger partial charge is 0.244 e. The van der Waals surface area contributed by atoms with Crippen molar-refractivity contribution in [2.45, 2.75) is 30.1 Å². The largest absolute Gasteiger partial charge is 0.496 e. The predicted octanol–water partition coefficient (Wildman–Crippen LogP) is 3.12. The summed E-state index contributed by atoms with van der Waals surface area (Å²) in [6.07, 6.45) is 1.42. The fourth-order valence-electron chi connectivity index (χ4n) is 3.64. The molecule has 1 heterocycles. The first-order valence-corrected chi connectivity index (χ1v) is 10.9. The molecule has 0 radical (unpaired) electrons. The Bertz CT molecular complexity index is 891. The number of ether oxygens (including phenoxy) is 3. The van der Waals surface area contributed by atoms with Crippen molar-refractivity contribution >= 4 is 10.0 Å². The molecular formula is C21H27NO5S. The molecule has 1 N–H and O–H groups in total. The van der Waals surface area contributed by atoms with Crippen molar-refractivity contribution in [3.05, 3.63) is 54.1 Å². The molecule has 2 aromatic rings. The summed E-state index contributed by atoms with van der Waals surface area (Å²) in [6.45, 7) is 3.65. The third-order valence-corrected chi connectivity index (χ3v) is 6.61. The van der Waals surface area contributed by atoms with E-state index in [1.165, 1.54) is 0 Å². The van der Waals surface area contributed by atoms with E-state index in [-0.39, 0.29) is 11.4 Å². The number of nitrogens with one attached hydrogen (secondary N) is 1. The minimum absolute atomic E-state index is 0.152. The second-order valence-electron chi connectivity index (χ2n) is 6.80. The van der Waals surface area contributed by atoms with E-state index < -0.39 is 15.4 Å². The Labute approximate surface area is 166 Å². The van der Waals surface area contributed by atoms with Crippen LogP contribution < -0.4 is 14.2 Å². The van der Waals surface area contributed by atoms with E-state index >= 15 is 0 Å². The van der Waals surface area contributed by atoms with Gasteiger partial charge in [0.1, 0.15) is 16.4 Å². The number of sulfonamides is 1. The Balaban J connectivity index is 1.91. The fourth-order valence-corrected chi connectivity index (χ4v) is 4.92. The van der Waals surface area contributed by atoms with Crippen molar-refractivity contribution in [1.29, 1.82) is 0 Å². The van der Waals surface area contributed by atoms with Crippen LogP contribution in [0.5, 0.6) is 11.5 Å². The molecule has 7 heteroatoms. The monoisotopic (exact) mass is 405 g/mol. The third kappa shape index (κ3) is 4.32. The summed E-state index contributed by atoms with van der Waals surface area (Å²) in [5.74, 6) is 1.12. The maximum atomic E-state index is 13.0. The molecule has 3 rings (SSSR count). The zero-order valence-corrected chi connectivity index (χ0v) is 17.1. The van der Waals surface area contributed by atoms with Crippen molar-refractivity contribution in [2.75, 3.05) is 33.5 Å². The lowest BCUT2D eigenvalue weighted by molar-refractivity contribution is 0.0508. The van der Waals surface area contributed by atoms with E-state index in [0.29, 0.717) is 38.4 Å². The first-order valence-electron chi connectivity index (χ1n) is 9.45. The van der Waals surface area contributed by atoms with Gasteiger partial charge in [-0.05, 0) is 38.0 Å². The lowest BCUT2D eigenvalue weighted by atomic mass is 9.74. The Hall–Kier alpha value is -2.09. The Morgan fingerprint density at radius 3 is 2.36 bits per heavy atom. The molecule has 28 heavy (non-hydrogen) atoms. The summed E-state index contributed by atoms with van der Waals surface area (Å²) >= 11 is 0. The van der Waals surface area contributed by atoms with Gasteiger partial charge in [0.2, 0.25) is 10.0 Å². The zero-order valence-electron chi connectivity index (χ0n) is 16.3. The Kier molecular flexibility index (Phi) is 6.59. The molecule has 1 saturated heterocycles. The van der Waals surface area contributed by atoms with Crippen LogP contribution >= 0.6 is 0 Å². The average molecular weight is 406 g/mol. The van der Waals surface area contributed by atoms with Crippen LogP contribution in [0.4, 0.5) is 0 Å². The minimum atomic E-state index is -3.73. The van der Waals surface area contributed by atoms with Gasteiger partial charge in [-0.25, -0.2) is 13.1 Å². The number of rotatable bonds is 8. The summed E-state index contributed by atoms with van der Waals surface area (Å²) in [7, 11) is -2.10. The quantitative estimate of drug-likeness (QED) is 0.730. The van der Waals surface area contributed by atoms with E-state index in [2.05, 4.69) is 4.72 Å². The second-order valence-corrected chi connectivity index (χ2v) is 8.53. The highest BCUT2D eigenvalue weighted by atomic mass is 32.2. The predicted molar refractivity (Wildman–Crippen MR) is 108 cm³/mol. The summed E-state index contributed by atoms with van der Waals surface area (Å²) < 4.78 is 45.5. The molecule has 152 valence electrons. The molecule has 0 atom stereocenters. The van der Waals surface area contributed by atoms with Gasteiger partial charge in [0, 0.05) is 30.7 Å². The van der Waals surface area contributed by atoms with Crippen LogP contribution in [-0.2, 0) is 20.2 Å². The van der Waals surface area contributed by atoms with Gasteiger partial charge in [0.25, 0.3) is 0 Å². The molecule has 1 fully saturated rings. The molecule has 1 aliphatic heterocycles. The molecule has 0 bridgehead atoms. The number of methoxy groups -OCH3 is 1. The van der Waals surface area contributed by atoms with Crippen LogP contribution in [0.25, 0.3) is 0 Å². The standard InChI is InChI=1S/C21H27NO5S/c1-3-27-19-10-6-7-11-20(19)28(23,24)22-16-21(12-14-26-15-13-21)17-8-4-5-9-18(17)25-2/h4-11,22H,3,12-16H2,1-2H3. The van der Waals surface area contributed by atoms with Gasteiger partial charge in [-0.1, -0.05) is 30.3 Å². The van der Waals surface area contributed by atoms with Crippen molar-refractivity contribution < 1.29 is 22.6 Å². The maximum absolute atomic E-state index is 13.0. The number of para-hydroxylation sites is 2. The highest BCUT2D eigenvalue weighted by molar-refractivity contribution is 7.89. The summed E-state index contributed by atoms with van der Waals surface area (Å²) in [4.78, 5) is 0.152. The highest BCUT2D eigenvalue weighted by Gasteiger charge is 2.38. The van der Waals surface area contributed by atoms with E-state index in [1.807, 2.05) is 31.2 Å². The normalized spacial score (nSPS) is 16.5. The molecule has 0 saturated carbocycles. The molecule has 0 amide bonds. The first kappa shape index (κ1) is 20.6. The van der Waals surface area contributed by atoms with E-state index in [9.17, 15) is 8.42 Å². The van der Waals surface area contributed by atoms with Crippen LogP contribution in [0.1, 0.15) is 25.3 Å². The van der Waals surface area contributed by atoms with Gasteiger partial charge in [0.05, 0.1) is 13.7 Å². The Morgan fingerprint density at radius 1 is 1.04 bits per heavy atom. The summed E-state index contributed by atoms with van der Waals surface area (Å²) in [5, 5.41) is 0. The molecule has 1 aliphatic rings. The average Bonchev–Trinajstić information content (AvgIpc) is 2.73. The highest BCUT2D eigenvalue weighted by Crippen LogP contribution is 2.39. The van der Waals surface area contributed by atoms with Gasteiger partial charge in [-0.15, -0.1) is 0 Å². The SMILES string of the molecule is CCOc1ccccc1S(=O)(=O)NCC1(c2ccccc2OC)CCOCC1. The molecule has 0 unspecified atom stereocenters. The number of hydrogen-bond donors (Lipinski definition) is 1. The maximum Gasteiger partial charge on any atom is 0.244 e. The van der Waals surface area contributed by atoms with Crippen LogP contribution in [0, 0.1) is 0 Å². The van der Waals surface area contributed by atoms with Crippen LogP contribution in [0.3, 0.4) is 0 Å². The lowest BCUT2D eigenvalue weighted by Crippen LogP contribution is -2.44. The molecule has 0 aliphatic carbocycles. The lowest BCUT2D eigenvalue weighted by Gasteiger charge is -2.38. The van der Waals surface area contributed by atoms with Crippen molar-refractivity contribution in [3.63, 3.8) is 0 Å². The second kappa shape index (κ2) is 8.94. The number of benzene rings is 2. The van der Waals surface area contributed by atoms with Gasteiger partial charge in [-0.3, -0.25) is 0 Å². The topological polar surface area (TPSA) is 73.9 Å². The molecule has 0 aromatic heterocycles. The first-order chi connectivity index (χ1) is 13.5. The van der Waals surface area contributed by atoms with E-state index in [4.69, 9.17) is 14.2 Å². The van der Waals surface area contributed by atoms with E-state index in [0.717, 1.165) is 11.3 Å². The summed E-state index contributed by atoms with van der Waals surface area (Å²) in [5.41, 5.74) is 0.611. The summed E-state index contributed by atoms with van der Waals surface area (Å²) in [6, 6.07) is 14.5. The van der Waals surface area contributed by atoms with Crippen LogP contribution in [0.2, 0.25) is 0 Å². The molecular weight excluding hydrogens is 378 g/mol. The molecule has 2 aromatic carbocycles. The fraction of sp³-hybridized carbons (Fsp3) is 0.429. The van der Waals surface area contributed by atoms with Gasteiger partial charge >= 0.3 is 0 Å². The minimum Gasteiger partial charge on any atom is -0.496 e. The van der Waals surface area contributed by atoms with Gasteiger partial charge in [0.15, 0.2) is 0 Å². The van der Waals surface area contributed by atoms with Gasteiger partial charge in [-0.2, -0.15) is 0 Å². The van der Waals surface area contributed by atoms with Crippen LogP contribution in [-0.4, -0.2) is 41.9 Å². The number of hydrogen-bond acceptors (Lipinski definition) is 5. The van der Waals surface area contributed by atoms with Crippen molar-refractivity contribution in [1.82, 2.24) is 4.72 Å². The van der Waals surface area contributed by atoms with Gasteiger partial charge < -0.3 is 14.2 Å². The molecule has 6 nitrogen and oxygen atoms in total. The zero-order chi connectivity index (χ0) is 20.0. The Morgan fingerprint density at radius 2 is 1.68 bits per heavy atom. The molecule has 0 spiro atoms. The van der Waals surface area contributed by atoms with Crippen molar-refractivity contribution in [3.8, 4) is 11.5 Å². The van der Waals surface area contributed by atoms with Crippen molar-refractivity contribution in [2.24, 2.45) is 0 Å².